The second-order valence-corrected chi connectivity index (χ2v) is 7.87. The van der Waals surface area contributed by atoms with Crippen molar-refractivity contribution in [1.82, 2.24) is 4.90 Å². The van der Waals surface area contributed by atoms with Gasteiger partial charge in [-0.15, -0.1) is 11.6 Å². The van der Waals surface area contributed by atoms with Gasteiger partial charge in [-0.25, -0.2) is 8.42 Å². The first-order chi connectivity index (χ1) is 8.53. The maximum Gasteiger partial charge on any atom is 0.226 e. The molecule has 104 valence electrons. The van der Waals surface area contributed by atoms with Gasteiger partial charge in [-0.05, 0) is 32.1 Å². The van der Waals surface area contributed by atoms with Crippen LogP contribution in [-0.2, 0) is 14.6 Å². The molecule has 2 heterocycles. The molecule has 0 aromatic heterocycles. The standard InChI is InChI=1S/C12H20ClNO3S/c13-6-4-11-3-1-2-7-14(11)12(15)10-5-8-18(16,17)9-10/h10-11H,1-9H2. The number of carbonyl (C=O) groups is 1. The van der Waals surface area contributed by atoms with E-state index in [4.69, 9.17) is 11.6 Å². The van der Waals surface area contributed by atoms with Crippen molar-refractivity contribution < 1.29 is 13.2 Å². The van der Waals surface area contributed by atoms with E-state index < -0.39 is 9.84 Å². The van der Waals surface area contributed by atoms with Crippen LogP contribution in [-0.4, -0.2) is 49.2 Å². The van der Waals surface area contributed by atoms with Gasteiger partial charge in [0.15, 0.2) is 9.84 Å². The van der Waals surface area contributed by atoms with Crippen LogP contribution in [0, 0.1) is 5.92 Å². The smallest absolute Gasteiger partial charge is 0.226 e. The molecule has 0 aromatic carbocycles. The minimum absolute atomic E-state index is 0.0332. The number of halogens is 1. The number of sulfone groups is 1. The van der Waals surface area contributed by atoms with Crippen LogP contribution in [0.4, 0.5) is 0 Å². The first kappa shape index (κ1) is 14.1. The molecular formula is C12H20ClNO3S. The summed E-state index contributed by atoms with van der Waals surface area (Å²) >= 11 is 5.78. The third-order valence-corrected chi connectivity index (χ3v) is 5.92. The van der Waals surface area contributed by atoms with Crippen molar-refractivity contribution in [2.75, 3.05) is 23.9 Å². The van der Waals surface area contributed by atoms with Crippen LogP contribution in [0.15, 0.2) is 0 Å². The average molecular weight is 294 g/mol. The maximum atomic E-state index is 12.4. The molecule has 6 heteroatoms. The van der Waals surface area contributed by atoms with Gasteiger partial charge < -0.3 is 4.90 Å². The van der Waals surface area contributed by atoms with E-state index in [9.17, 15) is 13.2 Å². The highest BCUT2D eigenvalue weighted by atomic mass is 35.5. The maximum absolute atomic E-state index is 12.4. The summed E-state index contributed by atoms with van der Waals surface area (Å²) in [6.45, 7) is 0.761. The predicted octanol–water partition coefficient (Wildman–Crippen LogP) is 1.43. The second-order valence-electron chi connectivity index (χ2n) is 5.26. The van der Waals surface area contributed by atoms with Gasteiger partial charge in [-0.2, -0.15) is 0 Å². The number of hydrogen-bond donors (Lipinski definition) is 0. The second kappa shape index (κ2) is 5.78. The van der Waals surface area contributed by atoms with Crippen molar-refractivity contribution in [3.05, 3.63) is 0 Å². The highest BCUT2D eigenvalue weighted by Gasteiger charge is 2.37. The van der Waals surface area contributed by atoms with E-state index in [1.165, 1.54) is 0 Å². The Hall–Kier alpha value is -0.290. The van der Waals surface area contributed by atoms with Gasteiger partial charge in [-0.3, -0.25) is 4.79 Å². The number of amides is 1. The third kappa shape index (κ3) is 3.18. The Morgan fingerprint density at radius 2 is 2.06 bits per heavy atom. The van der Waals surface area contributed by atoms with Crippen LogP contribution in [0.2, 0.25) is 0 Å². The van der Waals surface area contributed by atoms with Crippen LogP contribution in [0.1, 0.15) is 32.1 Å². The van der Waals surface area contributed by atoms with Crippen LogP contribution in [0.5, 0.6) is 0 Å². The van der Waals surface area contributed by atoms with Crippen molar-refractivity contribution in [2.24, 2.45) is 5.92 Å². The number of rotatable bonds is 3. The first-order valence-corrected chi connectivity index (χ1v) is 8.96. The van der Waals surface area contributed by atoms with Gasteiger partial charge in [0.05, 0.1) is 17.4 Å². The van der Waals surface area contributed by atoms with Gasteiger partial charge in [0.1, 0.15) is 0 Å². The van der Waals surface area contributed by atoms with E-state index in [-0.39, 0.29) is 29.4 Å². The molecule has 2 fully saturated rings. The molecule has 0 spiro atoms. The first-order valence-electron chi connectivity index (χ1n) is 6.60. The highest BCUT2D eigenvalue weighted by molar-refractivity contribution is 7.91. The van der Waals surface area contributed by atoms with Gasteiger partial charge in [0, 0.05) is 18.5 Å². The minimum Gasteiger partial charge on any atom is -0.339 e. The largest absolute Gasteiger partial charge is 0.339 e. The Bertz CT molecular complexity index is 408. The number of hydrogen-bond acceptors (Lipinski definition) is 3. The Morgan fingerprint density at radius 3 is 2.67 bits per heavy atom. The molecule has 0 bridgehead atoms. The zero-order valence-electron chi connectivity index (χ0n) is 10.5. The van der Waals surface area contributed by atoms with Crippen molar-refractivity contribution in [3.63, 3.8) is 0 Å². The average Bonchev–Trinajstić information content (AvgIpc) is 2.70. The van der Waals surface area contributed by atoms with Crippen molar-refractivity contribution >= 4 is 27.3 Å². The van der Waals surface area contributed by atoms with Crippen molar-refractivity contribution in [2.45, 2.75) is 38.1 Å². The fourth-order valence-electron chi connectivity index (χ4n) is 2.94. The van der Waals surface area contributed by atoms with Crippen molar-refractivity contribution in [3.8, 4) is 0 Å². The lowest BCUT2D eigenvalue weighted by Crippen LogP contribution is -2.46. The molecule has 4 nitrogen and oxygen atoms in total. The summed E-state index contributed by atoms with van der Waals surface area (Å²) in [5, 5.41) is 0. The molecule has 0 saturated carbocycles. The number of carbonyl (C=O) groups excluding carboxylic acids is 1. The molecule has 0 N–H and O–H groups in total. The normalized spacial score (nSPS) is 31.5. The lowest BCUT2D eigenvalue weighted by atomic mass is 9.97. The SMILES string of the molecule is O=C(C1CCS(=O)(=O)C1)N1CCCCC1CCCl. The lowest BCUT2D eigenvalue weighted by molar-refractivity contribution is -0.138. The topological polar surface area (TPSA) is 54.5 Å². The fourth-order valence-corrected chi connectivity index (χ4v) is 4.93. The van der Waals surface area contributed by atoms with Crippen LogP contribution in [0.3, 0.4) is 0 Å². The van der Waals surface area contributed by atoms with Crippen LogP contribution in [0.25, 0.3) is 0 Å². The number of likely N-dealkylation sites (tertiary alicyclic amines) is 1. The molecule has 0 radical (unpaired) electrons. The molecule has 0 aromatic rings. The van der Waals surface area contributed by atoms with E-state index in [1.54, 1.807) is 0 Å². The van der Waals surface area contributed by atoms with Gasteiger partial charge >= 0.3 is 0 Å². The van der Waals surface area contributed by atoms with E-state index >= 15 is 0 Å². The molecule has 0 aliphatic carbocycles. The molecule has 2 unspecified atom stereocenters. The third-order valence-electron chi connectivity index (χ3n) is 3.93. The summed E-state index contributed by atoms with van der Waals surface area (Å²) in [5.41, 5.74) is 0. The number of alkyl halides is 1. The van der Waals surface area contributed by atoms with E-state index in [2.05, 4.69) is 0 Å². The fraction of sp³-hybridized carbons (Fsp3) is 0.917. The monoisotopic (exact) mass is 293 g/mol. The van der Waals surface area contributed by atoms with Crippen LogP contribution < -0.4 is 0 Å². The molecule has 2 atom stereocenters. The Labute approximate surface area is 114 Å². The molecular weight excluding hydrogens is 274 g/mol. The van der Waals surface area contributed by atoms with Crippen LogP contribution >= 0.6 is 11.6 Å². The van der Waals surface area contributed by atoms with Gasteiger partial charge in [-0.1, -0.05) is 0 Å². The molecule has 2 saturated heterocycles. The Balaban J connectivity index is 2.02. The summed E-state index contributed by atoms with van der Waals surface area (Å²) in [5.74, 6) is 0.474. The lowest BCUT2D eigenvalue weighted by Gasteiger charge is -2.37. The number of nitrogens with zero attached hydrogens (tertiary/aromatic N) is 1. The Kier molecular flexibility index (Phi) is 4.54. The van der Waals surface area contributed by atoms with E-state index in [1.807, 2.05) is 4.90 Å². The zero-order valence-corrected chi connectivity index (χ0v) is 12.0. The van der Waals surface area contributed by atoms with E-state index in [0.717, 1.165) is 32.2 Å². The Morgan fingerprint density at radius 1 is 1.28 bits per heavy atom. The van der Waals surface area contributed by atoms with E-state index in [0.29, 0.717) is 12.3 Å². The quantitative estimate of drug-likeness (QED) is 0.740. The summed E-state index contributed by atoms with van der Waals surface area (Å²) in [6, 6.07) is 0.215. The summed E-state index contributed by atoms with van der Waals surface area (Å²) in [4.78, 5) is 14.3. The minimum atomic E-state index is -2.98. The molecule has 2 aliphatic heterocycles. The molecule has 2 aliphatic rings. The molecule has 2 rings (SSSR count). The predicted molar refractivity (Wildman–Crippen MR) is 71.4 cm³/mol. The highest BCUT2D eigenvalue weighted by Crippen LogP contribution is 2.26. The molecule has 1 amide bonds. The summed E-state index contributed by atoms with van der Waals surface area (Å²) < 4.78 is 22.9. The van der Waals surface area contributed by atoms with Crippen molar-refractivity contribution in [1.29, 1.82) is 0 Å². The van der Waals surface area contributed by atoms with Gasteiger partial charge in [0.25, 0.3) is 0 Å². The zero-order chi connectivity index (χ0) is 13.2. The summed E-state index contributed by atoms with van der Waals surface area (Å²) in [6.07, 6.45) is 4.45. The number of piperidine rings is 1. The summed E-state index contributed by atoms with van der Waals surface area (Å²) in [7, 11) is -2.98. The molecule has 18 heavy (non-hydrogen) atoms. The van der Waals surface area contributed by atoms with Gasteiger partial charge in [0.2, 0.25) is 5.91 Å².